The summed E-state index contributed by atoms with van der Waals surface area (Å²) in [5.41, 5.74) is 2.59. The topological polar surface area (TPSA) is 78.9 Å². The summed E-state index contributed by atoms with van der Waals surface area (Å²) in [7, 11) is 0. The number of nitrogens with one attached hydrogen (secondary N) is 1. The van der Waals surface area contributed by atoms with E-state index in [0.717, 1.165) is 16.8 Å². The summed E-state index contributed by atoms with van der Waals surface area (Å²) >= 11 is 1.45. The third-order valence-corrected chi connectivity index (χ3v) is 2.88. The second-order valence-corrected chi connectivity index (χ2v) is 4.27. The molecular formula is C11H11N3O2S. The van der Waals surface area contributed by atoms with Crippen LogP contribution in [0.2, 0.25) is 0 Å². The molecule has 0 unspecified atom stereocenters. The fourth-order valence-electron chi connectivity index (χ4n) is 1.47. The molecule has 0 saturated heterocycles. The van der Waals surface area contributed by atoms with E-state index in [-0.39, 0.29) is 5.69 Å². The number of carbonyl (C=O) groups is 1. The highest BCUT2D eigenvalue weighted by molar-refractivity contribution is 7.98. The van der Waals surface area contributed by atoms with Crippen molar-refractivity contribution < 1.29 is 9.90 Å². The highest BCUT2D eigenvalue weighted by atomic mass is 32.2. The number of hydrogen-bond acceptors (Lipinski definition) is 4. The molecule has 0 atom stereocenters. The van der Waals surface area contributed by atoms with Gasteiger partial charge >= 0.3 is 5.97 Å². The lowest BCUT2D eigenvalue weighted by molar-refractivity contribution is 0.0691. The van der Waals surface area contributed by atoms with Gasteiger partial charge in [-0.25, -0.2) is 14.8 Å². The molecule has 5 nitrogen and oxygen atoms in total. The molecule has 2 aromatic heterocycles. The maximum Gasteiger partial charge on any atom is 0.352 e. The third-order valence-electron chi connectivity index (χ3n) is 2.32. The van der Waals surface area contributed by atoms with Gasteiger partial charge in [0.15, 0.2) is 5.16 Å². The number of carboxylic acids is 1. The van der Waals surface area contributed by atoms with Gasteiger partial charge in [-0.05, 0) is 24.8 Å². The second-order valence-electron chi connectivity index (χ2n) is 3.50. The lowest BCUT2D eigenvalue weighted by Gasteiger charge is -2.03. The summed E-state index contributed by atoms with van der Waals surface area (Å²) in [6, 6.07) is 1.57. The normalized spacial score (nSPS) is 10.5. The maximum atomic E-state index is 10.8. The lowest BCUT2D eigenvalue weighted by Crippen LogP contribution is -1.95. The summed E-state index contributed by atoms with van der Waals surface area (Å²) in [6.07, 6.45) is 5.28. The van der Waals surface area contributed by atoms with Crippen LogP contribution in [0.5, 0.6) is 0 Å². The highest BCUT2D eigenvalue weighted by Gasteiger charge is 2.11. The quantitative estimate of drug-likeness (QED) is 0.644. The molecule has 0 spiro atoms. The second kappa shape index (κ2) is 4.58. The number of hydrogen-bond donors (Lipinski definition) is 2. The Morgan fingerprint density at radius 1 is 1.53 bits per heavy atom. The fraction of sp³-hybridized carbons (Fsp3) is 0.182. The van der Waals surface area contributed by atoms with Gasteiger partial charge in [0, 0.05) is 18.0 Å². The van der Waals surface area contributed by atoms with Crippen LogP contribution in [0.3, 0.4) is 0 Å². The Hall–Kier alpha value is -1.82. The largest absolute Gasteiger partial charge is 0.477 e. The summed E-state index contributed by atoms with van der Waals surface area (Å²) < 4.78 is 0. The molecule has 0 fully saturated rings. The van der Waals surface area contributed by atoms with Crippen LogP contribution in [0, 0.1) is 6.92 Å². The van der Waals surface area contributed by atoms with Crippen LogP contribution in [0.15, 0.2) is 23.6 Å². The molecule has 2 rings (SSSR count). The van der Waals surface area contributed by atoms with Crippen LogP contribution in [-0.4, -0.2) is 32.3 Å². The molecule has 0 aliphatic rings. The van der Waals surface area contributed by atoms with Crippen molar-refractivity contribution in [3.05, 3.63) is 29.7 Å². The average molecular weight is 249 g/mol. The minimum absolute atomic E-state index is 0.156. The number of rotatable bonds is 3. The fourth-order valence-corrected chi connectivity index (χ4v) is 1.81. The van der Waals surface area contributed by atoms with Crippen LogP contribution in [0.4, 0.5) is 0 Å². The Balaban J connectivity index is 2.47. The average Bonchev–Trinajstić information content (AvgIpc) is 2.79. The van der Waals surface area contributed by atoms with Gasteiger partial charge in [-0.3, -0.25) is 0 Å². The Kier molecular flexibility index (Phi) is 3.14. The molecule has 2 heterocycles. The Bertz CT molecular complexity index is 566. The summed E-state index contributed by atoms with van der Waals surface area (Å²) in [6.45, 7) is 1.90. The van der Waals surface area contributed by atoms with E-state index in [1.165, 1.54) is 11.8 Å². The first-order valence-corrected chi connectivity index (χ1v) is 6.14. The number of aryl methyl sites for hydroxylation is 1. The van der Waals surface area contributed by atoms with Crippen molar-refractivity contribution in [2.45, 2.75) is 12.1 Å². The van der Waals surface area contributed by atoms with E-state index >= 15 is 0 Å². The van der Waals surface area contributed by atoms with Gasteiger partial charge in [0.25, 0.3) is 0 Å². The molecule has 0 aromatic carbocycles. The zero-order valence-electron chi connectivity index (χ0n) is 9.39. The predicted molar refractivity (Wildman–Crippen MR) is 65.3 cm³/mol. The minimum atomic E-state index is -0.979. The monoisotopic (exact) mass is 249 g/mol. The number of carboxylic acid groups (broad SMARTS) is 1. The highest BCUT2D eigenvalue weighted by Crippen LogP contribution is 2.23. The van der Waals surface area contributed by atoms with Gasteiger partial charge < -0.3 is 10.1 Å². The van der Waals surface area contributed by atoms with Crippen molar-refractivity contribution in [3.8, 4) is 11.3 Å². The van der Waals surface area contributed by atoms with Crippen LogP contribution in [-0.2, 0) is 0 Å². The van der Waals surface area contributed by atoms with Crippen LogP contribution in [0.1, 0.15) is 16.1 Å². The van der Waals surface area contributed by atoms with Gasteiger partial charge in [0.05, 0.1) is 5.69 Å². The Morgan fingerprint density at radius 3 is 2.88 bits per heavy atom. The number of nitrogens with zero attached hydrogens (tertiary/aromatic N) is 2. The Morgan fingerprint density at radius 2 is 2.29 bits per heavy atom. The number of aromatic nitrogens is 3. The van der Waals surface area contributed by atoms with Gasteiger partial charge in [-0.2, -0.15) is 0 Å². The van der Waals surface area contributed by atoms with Gasteiger partial charge in [0.1, 0.15) is 5.69 Å². The minimum Gasteiger partial charge on any atom is -0.477 e. The van der Waals surface area contributed by atoms with Crippen LogP contribution >= 0.6 is 11.8 Å². The molecule has 0 radical (unpaired) electrons. The van der Waals surface area contributed by atoms with Crippen molar-refractivity contribution in [2.24, 2.45) is 0 Å². The number of aromatic carboxylic acids is 1. The summed E-state index contributed by atoms with van der Waals surface area (Å²) in [5, 5.41) is 9.52. The maximum absolute atomic E-state index is 10.8. The molecule has 6 heteroatoms. The first-order chi connectivity index (χ1) is 8.11. The summed E-state index contributed by atoms with van der Waals surface area (Å²) in [5.74, 6) is -0.979. The molecule has 0 saturated carbocycles. The standard InChI is InChI=1S/C11H11N3O2S/c1-6-4-13-11(17-2)14-9(6)7-3-8(10(15)16)12-5-7/h3-5,12H,1-2H3,(H,15,16). The molecular weight excluding hydrogens is 238 g/mol. The van der Waals surface area contributed by atoms with Crippen molar-refractivity contribution >= 4 is 17.7 Å². The Labute approximate surface area is 102 Å². The molecule has 0 aliphatic heterocycles. The van der Waals surface area contributed by atoms with E-state index < -0.39 is 5.97 Å². The van der Waals surface area contributed by atoms with Gasteiger partial charge in [0.2, 0.25) is 0 Å². The van der Waals surface area contributed by atoms with Gasteiger partial charge in [-0.1, -0.05) is 11.8 Å². The smallest absolute Gasteiger partial charge is 0.352 e. The third kappa shape index (κ3) is 2.31. The van der Waals surface area contributed by atoms with E-state index in [1.807, 2.05) is 13.2 Å². The first-order valence-electron chi connectivity index (χ1n) is 4.91. The van der Waals surface area contributed by atoms with E-state index in [2.05, 4.69) is 15.0 Å². The van der Waals surface area contributed by atoms with E-state index in [1.54, 1.807) is 18.5 Å². The molecule has 2 aromatic rings. The van der Waals surface area contributed by atoms with Crippen LogP contribution in [0.25, 0.3) is 11.3 Å². The van der Waals surface area contributed by atoms with Crippen molar-refractivity contribution in [2.75, 3.05) is 6.26 Å². The molecule has 88 valence electrons. The van der Waals surface area contributed by atoms with Crippen molar-refractivity contribution in [3.63, 3.8) is 0 Å². The van der Waals surface area contributed by atoms with E-state index in [0.29, 0.717) is 5.16 Å². The predicted octanol–water partition coefficient (Wildman–Crippen LogP) is 2.20. The summed E-state index contributed by atoms with van der Waals surface area (Å²) in [4.78, 5) is 22.0. The first kappa shape index (κ1) is 11.7. The van der Waals surface area contributed by atoms with Crippen LogP contribution < -0.4 is 0 Å². The van der Waals surface area contributed by atoms with E-state index in [4.69, 9.17) is 5.11 Å². The van der Waals surface area contributed by atoms with E-state index in [9.17, 15) is 4.79 Å². The number of aromatic amines is 1. The van der Waals surface area contributed by atoms with Gasteiger partial charge in [-0.15, -0.1) is 0 Å². The van der Waals surface area contributed by atoms with Crippen molar-refractivity contribution in [1.29, 1.82) is 0 Å². The molecule has 0 aliphatic carbocycles. The SMILES string of the molecule is CSc1ncc(C)c(-c2c[nH]c(C(=O)O)c2)n1. The zero-order valence-corrected chi connectivity index (χ0v) is 10.2. The molecule has 2 N–H and O–H groups in total. The number of H-pyrrole nitrogens is 1. The zero-order chi connectivity index (χ0) is 12.4. The molecule has 0 bridgehead atoms. The number of thioether (sulfide) groups is 1. The molecule has 17 heavy (non-hydrogen) atoms. The van der Waals surface area contributed by atoms with Crippen molar-refractivity contribution in [1.82, 2.24) is 15.0 Å². The lowest BCUT2D eigenvalue weighted by atomic mass is 10.1. The molecule has 0 amide bonds.